The molecule has 0 spiro atoms. The number of carbonyl (C=O) groups excluding carboxylic acids is 2. The molecule has 3 heteroatoms. The Morgan fingerprint density at radius 3 is 2.24 bits per heavy atom. The van der Waals surface area contributed by atoms with Crippen LogP contribution in [0.5, 0.6) is 0 Å². The van der Waals surface area contributed by atoms with Crippen molar-refractivity contribution in [3.05, 3.63) is 12.7 Å². The van der Waals surface area contributed by atoms with Crippen LogP contribution in [0.25, 0.3) is 0 Å². The minimum atomic E-state index is -0.713. The Labute approximate surface area is 104 Å². The van der Waals surface area contributed by atoms with Gasteiger partial charge in [-0.05, 0) is 32.6 Å². The molecule has 17 heavy (non-hydrogen) atoms. The van der Waals surface area contributed by atoms with Gasteiger partial charge in [-0.15, -0.1) is 6.58 Å². The molecule has 0 N–H and O–H groups in total. The third-order valence-electron chi connectivity index (χ3n) is 2.76. The zero-order valence-electron chi connectivity index (χ0n) is 11.4. The van der Waals surface area contributed by atoms with Gasteiger partial charge in [-0.3, -0.25) is 4.79 Å². The van der Waals surface area contributed by atoms with Crippen LogP contribution in [0.1, 0.15) is 47.0 Å². The lowest BCUT2D eigenvalue weighted by atomic mass is 9.83. The molecule has 0 aromatic rings. The highest BCUT2D eigenvalue weighted by molar-refractivity contribution is 6.34. The van der Waals surface area contributed by atoms with E-state index in [-0.39, 0.29) is 17.9 Å². The van der Waals surface area contributed by atoms with Crippen molar-refractivity contribution in [2.24, 2.45) is 11.8 Å². The van der Waals surface area contributed by atoms with E-state index in [1.807, 2.05) is 6.92 Å². The molecule has 0 aliphatic carbocycles. The predicted molar refractivity (Wildman–Crippen MR) is 68.6 cm³/mol. The summed E-state index contributed by atoms with van der Waals surface area (Å²) in [5.41, 5.74) is 0. The minimum absolute atomic E-state index is 0.0669. The summed E-state index contributed by atoms with van der Waals surface area (Å²) in [5, 5.41) is 0. The Kier molecular flexibility index (Phi) is 7.51. The fraction of sp³-hybridized carbons (Fsp3) is 0.714. The predicted octanol–water partition coefficient (Wildman–Crippen LogP) is 3.14. The van der Waals surface area contributed by atoms with E-state index in [2.05, 4.69) is 13.5 Å². The number of allylic oxidation sites excluding steroid dienone is 1. The standard InChI is InChI=1S/C14H24O3/c1-6-9-11(7-2)12(8-3)13(15)14(16)17-10(4)5/h7,10-12H,2,6,8-9H2,1,3-5H3/t11-,12-/m1/s1. The molecule has 0 amide bonds. The van der Waals surface area contributed by atoms with Gasteiger partial charge in [-0.25, -0.2) is 4.79 Å². The van der Waals surface area contributed by atoms with Gasteiger partial charge in [0.05, 0.1) is 6.10 Å². The zero-order valence-corrected chi connectivity index (χ0v) is 11.4. The Hall–Kier alpha value is -1.12. The number of carbonyl (C=O) groups is 2. The molecule has 3 nitrogen and oxygen atoms in total. The normalized spacial score (nSPS) is 14.2. The maximum absolute atomic E-state index is 12.0. The summed E-state index contributed by atoms with van der Waals surface area (Å²) in [6.07, 6.45) is 4.01. The maximum atomic E-state index is 12.0. The fourth-order valence-electron chi connectivity index (χ4n) is 1.92. The second-order valence-corrected chi connectivity index (χ2v) is 4.52. The smallest absolute Gasteiger partial charge is 0.375 e. The number of ether oxygens (including phenoxy) is 1. The molecule has 0 bridgehead atoms. The lowest BCUT2D eigenvalue weighted by Crippen LogP contribution is -2.31. The van der Waals surface area contributed by atoms with Crippen molar-refractivity contribution in [2.75, 3.05) is 0 Å². The molecule has 98 valence electrons. The third kappa shape index (κ3) is 5.16. The van der Waals surface area contributed by atoms with Crippen LogP contribution in [-0.2, 0) is 14.3 Å². The van der Waals surface area contributed by atoms with E-state index in [1.54, 1.807) is 19.9 Å². The molecule has 2 atom stereocenters. The summed E-state index contributed by atoms with van der Waals surface area (Å²) in [4.78, 5) is 23.5. The molecule has 0 aromatic heterocycles. The Morgan fingerprint density at radius 2 is 1.88 bits per heavy atom. The molecule has 0 fully saturated rings. The summed E-state index contributed by atoms with van der Waals surface area (Å²) in [7, 11) is 0. The van der Waals surface area contributed by atoms with Crippen molar-refractivity contribution >= 4 is 11.8 Å². The summed E-state index contributed by atoms with van der Waals surface area (Å²) < 4.78 is 4.94. The third-order valence-corrected chi connectivity index (χ3v) is 2.76. The molecule has 0 unspecified atom stereocenters. The Balaban J connectivity index is 4.68. The summed E-state index contributed by atoms with van der Waals surface area (Å²) in [6, 6.07) is 0. The molecule has 0 aliphatic rings. The molecule has 0 saturated heterocycles. The van der Waals surface area contributed by atoms with Gasteiger partial charge >= 0.3 is 5.97 Å². The van der Waals surface area contributed by atoms with Crippen molar-refractivity contribution in [1.29, 1.82) is 0 Å². The van der Waals surface area contributed by atoms with Crippen LogP contribution in [-0.4, -0.2) is 17.9 Å². The van der Waals surface area contributed by atoms with Crippen LogP contribution in [0.4, 0.5) is 0 Å². The van der Waals surface area contributed by atoms with Gasteiger partial charge in [0.1, 0.15) is 0 Å². The lowest BCUT2D eigenvalue weighted by molar-refractivity contribution is -0.159. The topological polar surface area (TPSA) is 43.4 Å². The first-order valence-electron chi connectivity index (χ1n) is 6.35. The van der Waals surface area contributed by atoms with Crippen molar-refractivity contribution in [3.63, 3.8) is 0 Å². The second kappa shape index (κ2) is 8.04. The van der Waals surface area contributed by atoms with E-state index in [9.17, 15) is 9.59 Å². The van der Waals surface area contributed by atoms with E-state index in [1.165, 1.54) is 0 Å². The van der Waals surface area contributed by atoms with Gasteiger partial charge < -0.3 is 4.74 Å². The molecular weight excluding hydrogens is 216 g/mol. The van der Waals surface area contributed by atoms with Crippen LogP contribution < -0.4 is 0 Å². The summed E-state index contributed by atoms with van der Waals surface area (Å²) >= 11 is 0. The van der Waals surface area contributed by atoms with Gasteiger partial charge in [-0.2, -0.15) is 0 Å². The average Bonchev–Trinajstić information content (AvgIpc) is 2.27. The van der Waals surface area contributed by atoms with Crippen LogP contribution in [0.15, 0.2) is 12.7 Å². The van der Waals surface area contributed by atoms with Crippen LogP contribution in [0, 0.1) is 11.8 Å². The van der Waals surface area contributed by atoms with E-state index in [0.717, 1.165) is 12.8 Å². The molecule has 0 heterocycles. The quantitative estimate of drug-likeness (QED) is 0.372. The monoisotopic (exact) mass is 240 g/mol. The second-order valence-electron chi connectivity index (χ2n) is 4.52. The molecular formula is C14H24O3. The number of esters is 1. The highest BCUT2D eigenvalue weighted by atomic mass is 16.5. The van der Waals surface area contributed by atoms with Crippen LogP contribution >= 0.6 is 0 Å². The zero-order chi connectivity index (χ0) is 13.4. The van der Waals surface area contributed by atoms with Crippen LogP contribution in [0.3, 0.4) is 0 Å². The van der Waals surface area contributed by atoms with Gasteiger partial charge in [0.15, 0.2) is 0 Å². The molecule has 0 aliphatic heterocycles. The van der Waals surface area contributed by atoms with E-state index >= 15 is 0 Å². The number of hydrogen-bond donors (Lipinski definition) is 0. The first-order chi connectivity index (χ1) is 7.97. The molecule has 0 aromatic carbocycles. The van der Waals surface area contributed by atoms with Crippen LogP contribution in [0.2, 0.25) is 0 Å². The van der Waals surface area contributed by atoms with Gasteiger partial charge in [0.25, 0.3) is 0 Å². The summed E-state index contributed by atoms with van der Waals surface area (Å²) in [6.45, 7) is 11.2. The van der Waals surface area contributed by atoms with Crippen molar-refractivity contribution in [2.45, 2.75) is 53.1 Å². The lowest BCUT2D eigenvalue weighted by Gasteiger charge is -2.21. The van der Waals surface area contributed by atoms with Gasteiger partial charge in [0.2, 0.25) is 5.78 Å². The van der Waals surface area contributed by atoms with Crippen molar-refractivity contribution in [3.8, 4) is 0 Å². The maximum Gasteiger partial charge on any atom is 0.375 e. The first-order valence-corrected chi connectivity index (χ1v) is 6.35. The molecule has 0 saturated carbocycles. The highest BCUT2D eigenvalue weighted by Crippen LogP contribution is 2.23. The first kappa shape index (κ1) is 15.9. The number of ketones is 1. The Bertz CT molecular complexity index is 269. The molecule has 0 radical (unpaired) electrons. The van der Waals surface area contributed by atoms with E-state index in [0.29, 0.717) is 6.42 Å². The van der Waals surface area contributed by atoms with E-state index < -0.39 is 11.8 Å². The SMILES string of the molecule is C=C[C@H](CCC)[C@@H](CC)C(=O)C(=O)OC(C)C. The summed E-state index contributed by atoms with van der Waals surface area (Å²) in [5.74, 6) is -1.36. The molecule has 0 rings (SSSR count). The number of Topliss-reactive ketones (excluding diaryl/α,β-unsaturated/α-hetero) is 1. The van der Waals surface area contributed by atoms with E-state index in [4.69, 9.17) is 4.74 Å². The minimum Gasteiger partial charge on any atom is -0.457 e. The van der Waals surface area contributed by atoms with Crippen molar-refractivity contribution in [1.82, 2.24) is 0 Å². The highest BCUT2D eigenvalue weighted by Gasteiger charge is 2.30. The number of rotatable bonds is 8. The van der Waals surface area contributed by atoms with Gasteiger partial charge in [0, 0.05) is 5.92 Å². The largest absolute Gasteiger partial charge is 0.457 e. The number of hydrogen-bond acceptors (Lipinski definition) is 3. The fourth-order valence-corrected chi connectivity index (χ4v) is 1.92. The average molecular weight is 240 g/mol. The Morgan fingerprint density at radius 1 is 1.29 bits per heavy atom. The van der Waals surface area contributed by atoms with Crippen molar-refractivity contribution < 1.29 is 14.3 Å². The van der Waals surface area contributed by atoms with Gasteiger partial charge in [-0.1, -0.05) is 26.3 Å².